The Kier molecular flexibility index (Phi) is 16.4. The normalized spacial score (nSPS) is 13.8. The Balaban J connectivity index is 1.63. The Hall–Kier alpha value is -5.97. The second kappa shape index (κ2) is 20.9. The number of hydrogen-bond donors (Lipinski definition) is 10. The lowest BCUT2D eigenvalue weighted by molar-refractivity contribution is -0.142. The van der Waals surface area contributed by atoms with E-state index >= 15 is 0 Å². The summed E-state index contributed by atoms with van der Waals surface area (Å²) in [5.41, 5.74) is 19.2. The van der Waals surface area contributed by atoms with Crippen molar-refractivity contribution in [2.45, 2.75) is 83.1 Å². The number of carbonyl (C=O) groups is 6. The van der Waals surface area contributed by atoms with Crippen molar-refractivity contribution in [3.05, 3.63) is 71.9 Å². The zero-order valence-electron chi connectivity index (χ0n) is 30.8. The fraction of sp³-hybridized carbons (Fsp3) is 0.432. The number of carbonyl (C=O) groups excluding carboxylic acids is 5. The van der Waals surface area contributed by atoms with Gasteiger partial charge in [0.2, 0.25) is 29.5 Å². The molecule has 0 saturated heterocycles. The number of nitrogens with two attached hydrogens (primary N) is 3. The molecule has 0 fully saturated rings. The van der Waals surface area contributed by atoms with Gasteiger partial charge in [-0.1, -0.05) is 62.4 Å². The number of aliphatic imine (C=N–C) groups is 1. The summed E-state index contributed by atoms with van der Waals surface area (Å²) in [4.78, 5) is 84.6. The number of aromatic amines is 1. The van der Waals surface area contributed by atoms with Crippen molar-refractivity contribution in [3.8, 4) is 0 Å². The molecule has 1 aromatic heterocycles. The lowest BCUT2D eigenvalue weighted by Crippen LogP contribution is -2.56. The first-order chi connectivity index (χ1) is 25.6. The number of carboxylic acid groups (broad SMARTS) is 1. The molecule has 0 radical (unpaired) electrons. The molecule has 17 nitrogen and oxygen atoms in total. The van der Waals surface area contributed by atoms with E-state index in [1.807, 2.05) is 68.4 Å². The summed E-state index contributed by atoms with van der Waals surface area (Å²) in [5, 5.41) is 23.2. The van der Waals surface area contributed by atoms with Crippen LogP contribution in [-0.4, -0.2) is 94.9 Å². The maximum absolute atomic E-state index is 13.6. The molecule has 0 unspecified atom stereocenters. The van der Waals surface area contributed by atoms with E-state index in [-0.39, 0.29) is 50.5 Å². The Morgan fingerprint density at radius 1 is 0.778 bits per heavy atom. The van der Waals surface area contributed by atoms with Crippen molar-refractivity contribution in [1.82, 2.24) is 31.6 Å². The highest BCUT2D eigenvalue weighted by Crippen LogP contribution is 2.19. The van der Waals surface area contributed by atoms with Gasteiger partial charge in [-0.05, 0) is 55.7 Å². The van der Waals surface area contributed by atoms with Crippen LogP contribution in [0.3, 0.4) is 0 Å². The molecule has 0 aliphatic heterocycles. The lowest BCUT2D eigenvalue weighted by atomic mass is 10.0. The van der Waals surface area contributed by atoms with Gasteiger partial charge < -0.3 is 53.9 Å². The third kappa shape index (κ3) is 13.9. The number of H-pyrrole nitrogens is 1. The van der Waals surface area contributed by atoms with E-state index in [2.05, 4.69) is 36.6 Å². The number of para-hydroxylation sites is 1. The maximum Gasteiger partial charge on any atom is 0.326 e. The van der Waals surface area contributed by atoms with Gasteiger partial charge in [0.15, 0.2) is 5.96 Å². The minimum Gasteiger partial charge on any atom is -0.480 e. The quantitative estimate of drug-likeness (QED) is 0.0380. The van der Waals surface area contributed by atoms with Gasteiger partial charge in [-0.2, -0.15) is 0 Å². The summed E-state index contributed by atoms with van der Waals surface area (Å²) in [5.74, 6) is -4.76. The third-order valence-corrected chi connectivity index (χ3v) is 8.46. The van der Waals surface area contributed by atoms with Crippen LogP contribution >= 0.6 is 0 Å². The molecule has 5 amide bonds. The molecule has 0 bridgehead atoms. The van der Waals surface area contributed by atoms with Gasteiger partial charge in [0, 0.05) is 30.1 Å². The van der Waals surface area contributed by atoms with Crippen LogP contribution < -0.4 is 43.8 Å². The minimum atomic E-state index is -1.27. The number of hydrogen-bond acceptors (Lipinski definition) is 8. The van der Waals surface area contributed by atoms with Gasteiger partial charge in [0.1, 0.15) is 24.2 Å². The zero-order valence-corrected chi connectivity index (χ0v) is 30.8. The number of nitrogens with zero attached hydrogens (tertiary/aromatic N) is 1. The van der Waals surface area contributed by atoms with Crippen LogP contribution in [0.1, 0.15) is 51.2 Å². The van der Waals surface area contributed by atoms with E-state index in [0.717, 1.165) is 22.0 Å². The molecule has 17 heteroatoms. The average molecular weight is 749 g/mol. The maximum atomic E-state index is 13.6. The molecule has 5 atom stereocenters. The molecule has 54 heavy (non-hydrogen) atoms. The fourth-order valence-corrected chi connectivity index (χ4v) is 5.65. The molecule has 3 aromatic rings. The highest BCUT2D eigenvalue weighted by molar-refractivity contribution is 5.95. The van der Waals surface area contributed by atoms with Gasteiger partial charge in [-0.15, -0.1) is 0 Å². The Bertz CT molecular complexity index is 1770. The van der Waals surface area contributed by atoms with Crippen LogP contribution in [-0.2, 0) is 41.6 Å². The van der Waals surface area contributed by atoms with Crippen LogP contribution in [0.4, 0.5) is 0 Å². The number of guanidine groups is 1. The van der Waals surface area contributed by atoms with E-state index in [9.17, 15) is 33.9 Å². The van der Waals surface area contributed by atoms with Crippen LogP contribution in [0.5, 0.6) is 0 Å². The van der Waals surface area contributed by atoms with Gasteiger partial charge >= 0.3 is 5.97 Å². The number of aromatic nitrogens is 1. The summed E-state index contributed by atoms with van der Waals surface area (Å²) in [6.07, 6.45) is 2.62. The summed E-state index contributed by atoms with van der Waals surface area (Å²) in [6.45, 7) is 4.71. The molecule has 3 rings (SSSR count). The van der Waals surface area contributed by atoms with E-state index in [0.29, 0.717) is 0 Å². The summed E-state index contributed by atoms with van der Waals surface area (Å²) in [7, 11) is 0. The molecule has 2 aromatic carbocycles. The first-order valence-corrected chi connectivity index (χ1v) is 17.7. The molecule has 0 spiro atoms. The minimum absolute atomic E-state index is 0.0447. The molecule has 0 aliphatic rings. The Morgan fingerprint density at radius 2 is 1.44 bits per heavy atom. The highest BCUT2D eigenvalue weighted by atomic mass is 16.4. The van der Waals surface area contributed by atoms with Gasteiger partial charge in [-0.25, -0.2) is 4.79 Å². The Morgan fingerprint density at radius 3 is 2.11 bits per heavy atom. The van der Waals surface area contributed by atoms with E-state index < -0.39 is 72.3 Å². The number of rotatable bonds is 21. The lowest BCUT2D eigenvalue weighted by Gasteiger charge is -2.24. The van der Waals surface area contributed by atoms with Crippen LogP contribution in [0.25, 0.3) is 10.9 Å². The number of amides is 5. The fourth-order valence-electron chi connectivity index (χ4n) is 5.65. The van der Waals surface area contributed by atoms with Gasteiger partial charge in [0.25, 0.3) is 0 Å². The van der Waals surface area contributed by atoms with Crippen molar-refractivity contribution in [3.63, 3.8) is 0 Å². The SMILES string of the molecule is CC(C)C[C@H](NC(=O)CNC(=O)[C@H](Cc1c[nH]c2ccccc12)NC(=O)[C@@H](N)Cc1ccccc1)C(=O)N[C@@H](C)C(=O)N[C@@H](CCCN=C(N)N)C(=O)O. The summed E-state index contributed by atoms with van der Waals surface area (Å²) >= 11 is 0. The second-order valence-corrected chi connectivity index (χ2v) is 13.5. The number of benzene rings is 2. The molecular weight excluding hydrogens is 696 g/mol. The zero-order chi connectivity index (χ0) is 39.8. The van der Waals surface area contributed by atoms with Crippen molar-refractivity contribution in [2.24, 2.45) is 28.1 Å². The van der Waals surface area contributed by atoms with Crippen LogP contribution in [0, 0.1) is 5.92 Å². The van der Waals surface area contributed by atoms with Crippen molar-refractivity contribution in [1.29, 1.82) is 0 Å². The first kappa shape index (κ1) is 42.4. The summed E-state index contributed by atoms with van der Waals surface area (Å²) in [6, 6.07) is 11.2. The number of nitrogens with one attached hydrogen (secondary N) is 6. The predicted molar refractivity (Wildman–Crippen MR) is 204 cm³/mol. The van der Waals surface area contributed by atoms with Crippen molar-refractivity contribution >= 4 is 52.4 Å². The summed E-state index contributed by atoms with van der Waals surface area (Å²) < 4.78 is 0. The van der Waals surface area contributed by atoms with Gasteiger partial charge in [-0.3, -0.25) is 29.0 Å². The smallest absolute Gasteiger partial charge is 0.326 e. The van der Waals surface area contributed by atoms with Gasteiger partial charge in [0.05, 0.1) is 12.6 Å². The third-order valence-electron chi connectivity index (χ3n) is 8.46. The standard InChI is InChI=1S/C37H52N10O7/c1-21(2)16-29(35(52)44-22(3)32(49)46-28(36(53)54)14-9-15-41-37(39)40)45-31(48)20-43-34(51)30(18-24-19-42-27-13-8-7-12-25(24)27)47-33(50)26(38)17-23-10-5-4-6-11-23/h4-8,10-13,19,21-22,26,28-30,42H,9,14-18,20,38H2,1-3H3,(H,43,51)(H,44,52)(H,45,48)(H,46,49)(H,47,50)(H,53,54)(H4,39,40,41)/t22-,26-,28-,29-,30-/m0/s1. The van der Waals surface area contributed by atoms with E-state index in [1.165, 1.54) is 6.92 Å². The molecule has 1 heterocycles. The monoisotopic (exact) mass is 748 g/mol. The van der Waals surface area contributed by atoms with E-state index in [4.69, 9.17) is 17.2 Å². The van der Waals surface area contributed by atoms with Crippen LogP contribution in [0.15, 0.2) is 65.8 Å². The van der Waals surface area contributed by atoms with Crippen molar-refractivity contribution in [2.75, 3.05) is 13.1 Å². The Labute approximate surface area is 313 Å². The predicted octanol–water partition coefficient (Wildman–Crippen LogP) is -0.460. The molecule has 0 aliphatic carbocycles. The second-order valence-electron chi connectivity index (χ2n) is 13.5. The first-order valence-electron chi connectivity index (χ1n) is 17.7. The molecule has 13 N–H and O–H groups in total. The number of aliphatic carboxylic acids is 1. The average Bonchev–Trinajstić information content (AvgIpc) is 3.53. The van der Waals surface area contributed by atoms with Crippen LogP contribution in [0.2, 0.25) is 0 Å². The topological polar surface area (TPSA) is 289 Å². The number of carboxylic acids is 1. The largest absolute Gasteiger partial charge is 0.480 e. The number of fused-ring (bicyclic) bond motifs is 1. The van der Waals surface area contributed by atoms with E-state index in [1.54, 1.807) is 6.20 Å². The van der Waals surface area contributed by atoms with Crippen molar-refractivity contribution < 1.29 is 33.9 Å². The molecular formula is C37H52N10O7. The molecule has 0 saturated carbocycles. The highest BCUT2D eigenvalue weighted by Gasteiger charge is 2.29. The molecule has 292 valence electrons.